The Bertz CT molecular complexity index is 548. The summed E-state index contributed by atoms with van der Waals surface area (Å²) in [5.41, 5.74) is 1.42. The van der Waals surface area contributed by atoms with Crippen molar-refractivity contribution in [3.05, 3.63) is 29.3 Å². The van der Waals surface area contributed by atoms with Crippen molar-refractivity contribution in [3.63, 3.8) is 0 Å². The average Bonchev–Trinajstić information content (AvgIpc) is 2.98. The fourth-order valence-electron chi connectivity index (χ4n) is 2.76. The van der Waals surface area contributed by atoms with Crippen LogP contribution in [0, 0.1) is 5.92 Å². The first kappa shape index (κ1) is 15.5. The van der Waals surface area contributed by atoms with Crippen LogP contribution in [0.2, 0.25) is 0 Å². The minimum Gasteiger partial charge on any atom is -0.392 e. The van der Waals surface area contributed by atoms with Gasteiger partial charge in [-0.3, -0.25) is 0 Å². The van der Waals surface area contributed by atoms with Gasteiger partial charge >= 0.3 is 0 Å². The molecule has 0 amide bonds. The highest BCUT2D eigenvalue weighted by Gasteiger charge is 2.21. The lowest BCUT2D eigenvalue weighted by Gasteiger charge is -2.14. The maximum Gasteiger partial charge on any atom is 0.240 e. The molecule has 112 valence electrons. The molecular weight excluding hydrogens is 274 g/mol. The number of nitrogens with one attached hydrogen (secondary N) is 1. The van der Waals surface area contributed by atoms with Crippen molar-refractivity contribution in [2.24, 2.45) is 5.92 Å². The minimum absolute atomic E-state index is 0.144. The summed E-state index contributed by atoms with van der Waals surface area (Å²) in [5.74, 6) is 0.468. The number of hydrogen-bond donors (Lipinski definition) is 2. The molecule has 0 bridgehead atoms. The highest BCUT2D eigenvalue weighted by Crippen LogP contribution is 2.25. The summed E-state index contributed by atoms with van der Waals surface area (Å²) in [6.07, 6.45) is 5.28. The van der Waals surface area contributed by atoms with Gasteiger partial charge in [0.2, 0.25) is 10.0 Å². The van der Waals surface area contributed by atoms with E-state index in [0.29, 0.717) is 29.3 Å². The molecule has 2 rings (SSSR count). The van der Waals surface area contributed by atoms with Crippen molar-refractivity contribution in [3.8, 4) is 0 Å². The SMILES string of the molecule is CCc1ccc(CO)cc1S(=O)(=O)NCC1CCCC1. The summed E-state index contributed by atoms with van der Waals surface area (Å²) in [6.45, 7) is 2.31. The molecule has 1 aromatic rings. The van der Waals surface area contributed by atoms with Crippen LogP contribution >= 0.6 is 0 Å². The normalized spacial score (nSPS) is 16.7. The van der Waals surface area contributed by atoms with Gasteiger partial charge in [-0.05, 0) is 42.4 Å². The van der Waals surface area contributed by atoms with E-state index in [9.17, 15) is 13.5 Å². The molecule has 0 aromatic heterocycles. The van der Waals surface area contributed by atoms with E-state index in [1.807, 2.05) is 6.92 Å². The summed E-state index contributed by atoms with van der Waals surface area (Å²) >= 11 is 0. The van der Waals surface area contributed by atoms with Crippen molar-refractivity contribution >= 4 is 10.0 Å². The predicted octanol–water partition coefficient (Wildman–Crippen LogP) is 2.21. The third kappa shape index (κ3) is 3.59. The highest BCUT2D eigenvalue weighted by molar-refractivity contribution is 7.89. The molecule has 0 atom stereocenters. The second kappa shape index (κ2) is 6.70. The molecule has 4 nitrogen and oxygen atoms in total. The largest absolute Gasteiger partial charge is 0.392 e. The molecular formula is C15H23NO3S. The summed E-state index contributed by atoms with van der Waals surface area (Å²) in [6, 6.07) is 5.14. The highest BCUT2D eigenvalue weighted by atomic mass is 32.2. The number of rotatable bonds is 6. The third-order valence-corrected chi connectivity index (χ3v) is 5.53. The van der Waals surface area contributed by atoms with Gasteiger partial charge in [0.05, 0.1) is 11.5 Å². The van der Waals surface area contributed by atoms with E-state index in [2.05, 4.69) is 4.72 Å². The third-order valence-electron chi connectivity index (χ3n) is 4.02. The Hall–Kier alpha value is -0.910. The quantitative estimate of drug-likeness (QED) is 0.846. The van der Waals surface area contributed by atoms with Crippen LogP contribution in [-0.4, -0.2) is 20.1 Å². The fourth-order valence-corrected chi connectivity index (χ4v) is 4.23. The molecule has 0 saturated heterocycles. The zero-order valence-electron chi connectivity index (χ0n) is 11.9. The van der Waals surface area contributed by atoms with Gasteiger partial charge in [0.25, 0.3) is 0 Å². The molecule has 0 heterocycles. The molecule has 5 heteroatoms. The number of sulfonamides is 1. The smallest absolute Gasteiger partial charge is 0.240 e. The van der Waals surface area contributed by atoms with E-state index in [1.165, 1.54) is 12.8 Å². The molecule has 2 N–H and O–H groups in total. The molecule has 1 aliphatic carbocycles. The lowest BCUT2D eigenvalue weighted by atomic mass is 10.1. The summed E-state index contributed by atoms with van der Waals surface area (Å²) < 4.78 is 27.6. The molecule has 0 radical (unpaired) electrons. The van der Waals surface area contributed by atoms with Crippen LogP contribution in [0.1, 0.15) is 43.7 Å². The first-order valence-corrected chi connectivity index (χ1v) is 8.77. The van der Waals surface area contributed by atoms with E-state index in [-0.39, 0.29) is 6.61 Å². The van der Waals surface area contributed by atoms with Gasteiger partial charge in [0.1, 0.15) is 0 Å². The molecule has 0 spiro atoms. The zero-order valence-corrected chi connectivity index (χ0v) is 12.7. The minimum atomic E-state index is -3.48. The van der Waals surface area contributed by atoms with Crippen LogP contribution in [0.15, 0.2) is 23.1 Å². The van der Waals surface area contributed by atoms with Gasteiger partial charge in [0.15, 0.2) is 0 Å². The Kier molecular flexibility index (Phi) is 5.18. The van der Waals surface area contributed by atoms with Gasteiger partial charge in [0, 0.05) is 6.54 Å². The number of benzene rings is 1. The monoisotopic (exact) mass is 297 g/mol. The van der Waals surface area contributed by atoms with Crippen LogP contribution in [0.25, 0.3) is 0 Å². The Balaban J connectivity index is 2.18. The Labute approximate surface area is 121 Å². The number of aliphatic hydroxyl groups excluding tert-OH is 1. The first-order chi connectivity index (χ1) is 9.56. The lowest BCUT2D eigenvalue weighted by molar-refractivity contribution is 0.281. The Morgan fingerprint density at radius 2 is 2.00 bits per heavy atom. The maximum atomic E-state index is 12.4. The molecule has 1 fully saturated rings. The first-order valence-electron chi connectivity index (χ1n) is 7.29. The van der Waals surface area contributed by atoms with Crippen LogP contribution in [-0.2, 0) is 23.1 Å². The summed E-state index contributed by atoms with van der Waals surface area (Å²) in [7, 11) is -3.48. The van der Waals surface area contributed by atoms with Crippen molar-refractivity contribution in [1.29, 1.82) is 0 Å². The second-order valence-electron chi connectivity index (χ2n) is 5.46. The molecule has 1 saturated carbocycles. The summed E-state index contributed by atoms with van der Waals surface area (Å²) in [5, 5.41) is 9.18. The molecule has 0 unspecified atom stereocenters. The topological polar surface area (TPSA) is 66.4 Å². The van der Waals surface area contributed by atoms with E-state index >= 15 is 0 Å². The van der Waals surface area contributed by atoms with Gasteiger partial charge in [-0.25, -0.2) is 13.1 Å². The molecule has 0 aliphatic heterocycles. The van der Waals surface area contributed by atoms with Crippen molar-refractivity contribution in [2.75, 3.05) is 6.54 Å². The van der Waals surface area contributed by atoms with E-state index in [1.54, 1.807) is 18.2 Å². The predicted molar refractivity (Wildman–Crippen MR) is 78.9 cm³/mol. The van der Waals surface area contributed by atoms with E-state index in [0.717, 1.165) is 18.4 Å². The van der Waals surface area contributed by atoms with E-state index < -0.39 is 10.0 Å². The standard InChI is InChI=1S/C15H23NO3S/c1-2-14-8-7-13(11-17)9-15(14)20(18,19)16-10-12-5-3-4-6-12/h7-9,12,16-17H,2-6,10-11H2,1H3. The van der Waals surface area contributed by atoms with Crippen LogP contribution in [0.4, 0.5) is 0 Å². The van der Waals surface area contributed by atoms with Crippen LogP contribution in [0.3, 0.4) is 0 Å². The van der Waals surface area contributed by atoms with Crippen LogP contribution < -0.4 is 4.72 Å². The molecule has 1 aliphatic rings. The fraction of sp³-hybridized carbons (Fsp3) is 0.600. The number of hydrogen-bond acceptors (Lipinski definition) is 3. The van der Waals surface area contributed by atoms with Gasteiger partial charge in [-0.2, -0.15) is 0 Å². The van der Waals surface area contributed by atoms with Crippen molar-refractivity contribution in [1.82, 2.24) is 4.72 Å². The van der Waals surface area contributed by atoms with Gasteiger partial charge < -0.3 is 5.11 Å². The van der Waals surface area contributed by atoms with Gasteiger partial charge in [-0.15, -0.1) is 0 Å². The van der Waals surface area contributed by atoms with Crippen molar-refractivity contribution < 1.29 is 13.5 Å². The lowest BCUT2D eigenvalue weighted by Crippen LogP contribution is -2.29. The number of aryl methyl sites for hydroxylation is 1. The Morgan fingerprint density at radius 3 is 2.60 bits per heavy atom. The molecule has 20 heavy (non-hydrogen) atoms. The van der Waals surface area contributed by atoms with E-state index in [4.69, 9.17) is 0 Å². The Morgan fingerprint density at radius 1 is 1.30 bits per heavy atom. The molecule has 1 aromatic carbocycles. The summed E-state index contributed by atoms with van der Waals surface area (Å²) in [4.78, 5) is 0.310. The second-order valence-corrected chi connectivity index (χ2v) is 7.19. The zero-order chi connectivity index (χ0) is 14.6. The number of aliphatic hydroxyl groups is 1. The van der Waals surface area contributed by atoms with Crippen LogP contribution in [0.5, 0.6) is 0 Å². The maximum absolute atomic E-state index is 12.4. The average molecular weight is 297 g/mol. The van der Waals surface area contributed by atoms with Gasteiger partial charge in [-0.1, -0.05) is 31.9 Å². The van der Waals surface area contributed by atoms with Crippen molar-refractivity contribution in [2.45, 2.75) is 50.5 Å².